The fourth-order valence-electron chi connectivity index (χ4n) is 2.76. The lowest BCUT2D eigenvalue weighted by atomic mass is 10.0. The summed E-state index contributed by atoms with van der Waals surface area (Å²) in [6, 6.07) is 8.73. The number of benzene rings is 1. The molecule has 1 atom stereocenters. The fraction of sp³-hybridized carbons (Fsp3) is 0.600. The number of hydrogen-bond acceptors (Lipinski definition) is 2. The third kappa shape index (κ3) is 3.63. The van der Waals surface area contributed by atoms with Gasteiger partial charge in [0.25, 0.3) is 0 Å². The van der Waals surface area contributed by atoms with Crippen molar-refractivity contribution in [2.75, 3.05) is 25.0 Å². The molecular formula is C15H23ClN2. The van der Waals surface area contributed by atoms with Crippen LogP contribution in [0.4, 0.5) is 5.69 Å². The molecule has 2 rings (SSSR count). The number of nitrogens with zero attached hydrogens (tertiary/aromatic N) is 1. The quantitative estimate of drug-likeness (QED) is 0.866. The minimum absolute atomic E-state index is 0.784. The number of halogens is 1. The molecule has 1 N–H and O–H groups in total. The van der Waals surface area contributed by atoms with Gasteiger partial charge < -0.3 is 5.32 Å². The highest BCUT2D eigenvalue weighted by Crippen LogP contribution is 2.21. The van der Waals surface area contributed by atoms with E-state index in [4.69, 9.17) is 11.6 Å². The van der Waals surface area contributed by atoms with Gasteiger partial charge in [0.15, 0.2) is 0 Å². The van der Waals surface area contributed by atoms with Gasteiger partial charge in [-0.2, -0.15) is 0 Å². The van der Waals surface area contributed by atoms with Crippen LogP contribution in [0.1, 0.15) is 32.6 Å². The molecule has 100 valence electrons. The molecular weight excluding hydrogens is 244 g/mol. The van der Waals surface area contributed by atoms with Gasteiger partial charge in [-0.1, -0.05) is 37.1 Å². The molecule has 0 spiro atoms. The van der Waals surface area contributed by atoms with Crippen molar-refractivity contribution in [3.05, 3.63) is 29.3 Å². The Morgan fingerprint density at radius 2 is 2.17 bits per heavy atom. The van der Waals surface area contributed by atoms with Crippen molar-refractivity contribution in [3.63, 3.8) is 0 Å². The number of para-hydroxylation sites is 1. The van der Waals surface area contributed by atoms with Gasteiger partial charge in [0.05, 0.1) is 10.7 Å². The molecule has 0 aromatic heterocycles. The average molecular weight is 267 g/mol. The number of nitrogens with one attached hydrogen (secondary N) is 1. The van der Waals surface area contributed by atoms with Crippen LogP contribution in [0.3, 0.4) is 0 Å². The van der Waals surface area contributed by atoms with Crippen LogP contribution in [-0.2, 0) is 0 Å². The van der Waals surface area contributed by atoms with E-state index in [1.54, 1.807) is 0 Å². The van der Waals surface area contributed by atoms with Crippen LogP contribution >= 0.6 is 11.6 Å². The first-order valence-corrected chi connectivity index (χ1v) is 7.41. The van der Waals surface area contributed by atoms with Crippen molar-refractivity contribution in [2.45, 2.75) is 38.6 Å². The fourth-order valence-corrected chi connectivity index (χ4v) is 2.96. The second-order valence-corrected chi connectivity index (χ2v) is 5.41. The number of likely N-dealkylation sites (tertiary alicyclic amines) is 1. The highest BCUT2D eigenvalue weighted by molar-refractivity contribution is 6.33. The molecule has 0 aliphatic carbocycles. The van der Waals surface area contributed by atoms with Crippen LogP contribution in [0.2, 0.25) is 5.02 Å². The predicted octanol–water partition coefficient (Wildman–Crippen LogP) is 4.02. The average Bonchev–Trinajstić information content (AvgIpc) is 2.41. The zero-order valence-electron chi connectivity index (χ0n) is 11.2. The summed E-state index contributed by atoms with van der Waals surface area (Å²) in [5.74, 6) is 0. The largest absolute Gasteiger partial charge is 0.383 e. The van der Waals surface area contributed by atoms with E-state index in [1.807, 2.05) is 24.3 Å². The van der Waals surface area contributed by atoms with E-state index in [-0.39, 0.29) is 0 Å². The summed E-state index contributed by atoms with van der Waals surface area (Å²) in [5, 5.41) is 4.24. The summed E-state index contributed by atoms with van der Waals surface area (Å²) in [7, 11) is 0. The summed E-state index contributed by atoms with van der Waals surface area (Å²) in [4.78, 5) is 2.62. The Labute approximate surface area is 115 Å². The smallest absolute Gasteiger partial charge is 0.0637 e. The molecule has 3 heteroatoms. The summed E-state index contributed by atoms with van der Waals surface area (Å²) < 4.78 is 0. The molecule has 1 aliphatic heterocycles. The van der Waals surface area contributed by atoms with Gasteiger partial charge in [-0.25, -0.2) is 0 Å². The topological polar surface area (TPSA) is 15.3 Å². The van der Waals surface area contributed by atoms with Gasteiger partial charge in [0.2, 0.25) is 0 Å². The maximum atomic E-state index is 6.13. The summed E-state index contributed by atoms with van der Waals surface area (Å²) in [6.45, 7) is 5.64. The molecule has 2 nitrogen and oxygen atoms in total. The van der Waals surface area contributed by atoms with E-state index in [9.17, 15) is 0 Å². The van der Waals surface area contributed by atoms with E-state index in [1.165, 1.54) is 32.2 Å². The molecule has 1 unspecified atom stereocenters. The Hall–Kier alpha value is -0.730. The minimum atomic E-state index is 0.784. The highest BCUT2D eigenvalue weighted by Gasteiger charge is 2.19. The van der Waals surface area contributed by atoms with E-state index in [0.717, 1.165) is 29.8 Å². The second kappa shape index (κ2) is 7.01. The molecule has 1 aliphatic rings. The van der Waals surface area contributed by atoms with Gasteiger partial charge in [-0.05, 0) is 37.9 Å². The number of hydrogen-bond donors (Lipinski definition) is 1. The van der Waals surface area contributed by atoms with Gasteiger partial charge in [0.1, 0.15) is 0 Å². The normalized spacial score (nSPS) is 20.9. The Kier molecular flexibility index (Phi) is 5.33. The van der Waals surface area contributed by atoms with Gasteiger partial charge in [-0.3, -0.25) is 4.90 Å². The molecule has 0 amide bonds. The monoisotopic (exact) mass is 266 g/mol. The molecule has 1 saturated heterocycles. The Bertz CT molecular complexity index is 367. The van der Waals surface area contributed by atoms with E-state index in [2.05, 4.69) is 17.1 Å². The predicted molar refractivity (Wildman–Crippen MR) is 79.4 cm³/mol. The highest BCUT2D eigenvalue weighted by atomic mass is 35.5. The van der Waals surface area contributed by atoms with E-state index in [0.29, 0.717) is 0 Å². The lowest BCUT2D eigenvalue weighted by Gasteiger charge is -2.35. The van der Waals surface area contributed by atoms with E-state index < -0.39 is 0 Å². The maximum Gasteiger partial charge on any atom is 0.0637 e. The molecule has 0 radical (unpaired) electrons. The Morgan fingerprint density at radius 3 is 2.94 bits per heavy atom. The minimum Gasteiger partial charge on any atom is -0.383 e. The standard InChI is InChI=1S/C15H23ClN2/c1-2-13-7-5-6-11-18(13)12-10-17-15-9-4-3-8-14(15)16/h3-4,8-9,13,17H,2,5-7,10-12H2,1H3. The van der Waals surface area contributed by atoms with Crippen LogP contribution in [0.5, 0.6) is 0 Å². The van der Waals surface area contributed by atoms with Crippen LogP contribution in [-0.4, -0.2) is 30.6 Å². The summed E-state index contributed by atoms with van der Waals surface area (Å²) in [5.41, 5.74) is 1.05. The Morgan fingerprint density at radius 1 is 1.33 bits per heavy atom. The lowest BCUT2D eigenvalue weighted by molar-refractivity contribution is 0.150. The van der Waals surface area contributed by atoms with Crippen LogP contribution in [0, 0.1) is 0 Å². The summed E-state index contributed by atoms with van der Waals surface area (Å²) in [6.07, 6.45) is 5.38. The molecule has 1 aromatic rings. The van der Waals surface area contributed by atoms with Crippen molar-refractivity contribution in [1.29, 1.82) is 0 Å². The van der Waals surface area contributed by atoms with Crippen molar-refractivity contribution in [2.24, 2.45) is 0 Å². The molecule has 18 heavy (non-hydrogen) atoms. The molecule has 1 heterocycles. The number of anilines is 1. The third-order valence-corrected chi connectivity index (χ3v) is 4.14. The van der Waals surface area contributed by atoms with Crippen LogP contribution in [0.25, 0.3) is 0 Å². The first kappa shape index (κ1) is 13.7. The Balaban J connectivity index is 1.79. The second-order valence-electron chi connectivity index (χ2n) is 5.00. The van der Waals surface area contributed by atoms with Crippen LogP contribution < -0.4 is 5.32 Å². The van der Waals surface area contributed by atoms with Crippen molar-refractivity contribution >= 4 is 17.3 Å². The third-order valence-electron chi connectivity index (χ3n) is 3.81. The zero-order valence-corrected chi connectivity index (χ0v) is 11.9. The molecule has 1 fully saturated rings. The van der Waals surface area contributed by atoms with Crippen molar-refractivity contribution < 1.29 is 0 Å². The lowest BCUT2D eigenvalue weighted by Crippen LogP contribution is -2.41. The van der Waals surface area contributed by atoms with Gasteiger partial charge in [0, 0.05) is 19.1 Å². The first-order valence-electron chi connectivity index (χ1n) is 7.03. The first-order chi connectivity index (χ1) is 8.81. The zero-order chi connectivity index (χ0) is 12.8. The summed E-state index contributed by atoms with van der Waals surface area (Å²) >= 11 is 6.13. The van der Waals surface area contributed by atoms with Crippen molar-refractivity contribution in [1.82, 2.24) is 4.90 Å². The SMILES string of the molecule is CCC1CCCCN1CCNc1ccccc1Cl. The van der Waals surface area contributed by atoms with Crippen LogP contribution in [0.15, 0.2) is 24.3 Å². The number of piperidine rings is 1. The van der Waals surface area contributed by atoms with Gasteiger partial charge >= 0.3 is 0 Å². The van der Waals surface area contributed by atoms with Crippen molar-refractivity contribution in [3.8, 4) is 0 Å². The molecule has 0 saturated carbocycles. The van der Waals surface area contributed by atoms with Gasteiger partial charge in [-0.15, -0.1) is 0 Å². The number of rotatable bonds is 5. The molecule has 1 aromatic carbocycles. The molecule has 0 bridgehead atoms. The maximum absolute atomic E-state index is 6.13. The van der Waals surface area contributed by atoms with E-state index >= 15 is 0 Å².